The van der Waals surface area contributed by atoms with Gasteiger partial charge in [-0.25, -0.2) is 9.98 Å². The van der Waals surface area contributed by atoms with Crippen LogP contribution in [0, 0.1) is 5.41 Å². The standard InChI is InChI=1S/C15H25F3N4OS.HI/c1-6-19-13(20-7-11(23-5)14(2,3)4)21-8-12-22-10(9-24-12)15(16,17)18;/h9,11H,6-8H2,1-5H3,(H2,19,20,21);1H. The third-order valence-electron chi connectivity index (χ3n) is 3.26. The molecular weight excluding hydrogens is 468 g/mol. The Kier molecular flexibility index (Phi) is 10.2. The second-order valence-electron chi connectivity index (χ2n) is 6.29. The molecule has 0 aromatic carbocycles. The molecule has 0 aliphatic rings. The number of nitrogens with one attached hydrogen (secondary N) is 2. The molecule has 0 aliphatic carbocycles. The maximum absolute atomic E-state index is 12.6. The lowest BCUT2D eigenvalue weighted by atomic mass is 9.89. The van der Waals surface area contributed by atoms with Crippen molar-refractivity contribution in [1.82, 2.24) is 15.6 Å². The monoisotopic (exact) mass is 494 g/mol. The Morgan fingerprint density at radius 2 is 1.96 bits per heavy atom. The summed E-state index contributed by atoms with van der Waals surface area (Å²) < 4.78 is 43.1. The molecule has 1 unspecified atom stereocenters. The number of guanidine groups is 1. The summed E-state index contributed by atoms with van der Waals surface area (Å²) in [6.45, 7) is 9.40. The molecule has 1 aromatic heterocycles. The van der Waals surface area contributed by atoms with E-state index in [9.17, 15) is 13.2 Å². The van der Waals surface area contributed by atoms with E-state index in [0.29, 0.717) is 24.1 Å². The fraction of sp³-hybridized carbons (Fsp3) is 0.733. The quantitative estimate of drug-likeness (QED) is 0.358. The van der Waals surface area contributed by atoms with Crippen molar-refractivity contribution < 1.29 is 17.9 Å². The number of aromatic nitrogens is 1. The van der Waals surface area contributed by atoms with Crippen LogP contribution >= 0.6 is 35.3 Å². The highest BCUT2D eigenvalue weighted by molar-refractivity contribution is 14.0. The van der Waals surface area contributed by atoms with Gasteiger partial charge < -0.3 is 15.4 Å². The first-order valence-corrected chi connectivity index (χ1v) is 8.52. The Bertz CT molecular complexity index is 544. The Hall–Kier alpha value is -0.620. The number of nitrogens with zero attached hydrogens (tertiary/aromatic N) is 2. The lowest BCUT2D eigenvalue weighted by molar-refractivity contribution is -0.140. The zero-order valence-corrected chi connectivity index (χ0v) is 18.2. The highest BCUT2D eigenvalue weighted by Crippen LogP contribution is 2.30. The predicted octanol–water partition coefficient (Wildman–Crippen LogP) is 3.90. The van der Waals surface area contributed by atoms with Crippen molar-refractivity contribution in [3.8, 4) is 0 Å². The molecule has 1 aromatic rings. The third kappa shape index (κ3) is 8.54. The molecule has 1 rings (SSSR count). The van der Waals surface area contributed by atoms with Crippen LogP contribution < -0.4 is 10.6 Å². The minimum Gasteiger partial charge on any atom is -0.379 e. The van der Waals surface area contributed by atoms with Gasteiger partial charge in [-0.15, -0.1) is 35.3 Å². The van der Waals surface area contributed by atoms with E-state index in [1.165, 1.54) is 0 Å². The molecule has 0 radical (unpaired) electrons. The lowest BCUT2D eigenvalue weighted by Gasteiger charge is -2.30. The van der Waals surface area contributed by atoms with Gasteiger partial charge in [0.2, 0.25) is 0 Å². The maximum atomic E-state index is 12.6. The van der Waals surface area contributed by atoms with Crippen LogP contribution in [0.25, 0.3) is 0 Å². The first-order valence-electron chi connectivity index (χ1n) is 7.64. The largest absolute Gasteiger partial charge is 0.434 e. The molecule has 0 bridgehead atoms. The molecule has 0 fully saturated rings. The van der Waals surface area contributed by atoms with Gasteiger partial charge >= 0.3 is 6.18 Å². The van der Waals surface area contributed by atoms with E-state index < -0.39 is 11.9 Å². The van der Waals surface area contributed by atoms with Crippen molar-refractivity contribution in [2.45, 2.75) is 46.5 Å². The van der Waals surface area contributed by atoms with Gasteiger partial charge in [0.25, 0.3) is 0 Å². The van der Waals surface area contributed by atoms with Crippen LogP contribution in [0.4, 0.5) is 13.2 Å². The van der Waals surface area contributed by atoms with E-state index in [0.717, 1.165) is 16.7 Å². The molecule has 1 atom stereocenters. The lowest BCUT2D eigenvalue weighted by Crippen LogP contribution is -2.45. The van der Waals surface area contributed by atoms with Gasteiger partial charge in [0.05, 0.1) is 12.6 Å². The molecule has 25 heavy (non-hydrogen) atoms. The SMILES string of the molecule is CCNC(=NCc1nc(C(F)(F)F)cs1)NCC(OC)C(C)(C)C.I. The Morgan fingerprint density at radius 1 is 1.32 bits per heavy atom. The molecule has 1 heterocycles. The number of ether oxygens (including phenoxy) is 1. The zero-order chi connectivity index (χ0) is 18.4. The van der Waals surface area contributed by atoms with Crippen LogP contribution in [0.15, 0.2) is 10.4 Å². The van der Waals surface area contributed by atoms with Gasteiger partial charge in [0.15, 0.2) is 11.7 Å². The van der Waals surface area contributed by atoms with Crippen LogP contribution in [0.1, 0.15) is 38.4 Å². The summed E-state index contributed by atoms with van der Waals surface area (Å²) in [4.78, 5) is 7.86. The Labute approximate surface area is 167 Å². The van der Waals surface area contributed by atoms with Crippen LogP contribution in [0.2, 0.25) is 0 Å². The average molecular weight is 494 g/mol. The number of methoxy groups -OCH3 is 1. The maximum Gasteiger partial charge on any atom is 0.434 e. The Morgan fingerprint density at radius 3 is 2.40 bits per heavy atom. The van der Waals surface area contributed by atoms with Crippen molar-refractivity contribution in [3.63, 3.8) is 0 Å². The normalized spacial score (nSPS) is 14.0. The molecule has 0 saturated carbocycles. The molecule has 5 nitrogen and oxygen atoms in total. The van der Waals surface area contributed by atoms with Gasteiger partial charge in [-0.05, 0) is 12.3 Å². The fourth-order valence-electron chi connectivity index (χ4n) is 1.93. The summed E-state index contributed by atoms with van der Waals surface area (Å²) in [5.41, 5.74) is -0.918. The molecular formula is C15H26F3IN4OS. The fourth-order valence-corrected chi connectivity index (χ4v) is 2.66. The van der Waals surface area contributed by atoms with Gasteiger partial charge in [-0.2, -0.15) is 13.2 Å². The number of halogens is 4. The predicted molar refractivity (Wildman–Crippen MR) is 106 cm³/mol. The van der Waals surface area contributed by atoms with Gasteiger partial charge in [0.1, 0.15) is 5.01 Å². The minimum absolute atomic E-state index is 0. The minimum atomic E-state index is -4.42. The number of hydrogen-bond donors (Lipinski definition) is 2. The highest BCUT2D eigenvalue weighted by Gasteiger charge is 2.33. The van der Waals surface area contributed by atoms with E-state index in [4.69, 9.17) is 4.74 Å². The van der Waals surface area contributed by atoms with Crippen LogP contribution in [-0.4, -0.2) is 37.2 Å². The molecule has 0 spiro atoms. The summed E-state index contributed by atoms with van der Waals surface area (Å²) in [6.07, 6.45) is -4.45. The van der Waals surface area contributed by atoms with Crippen molar-refractivity contribution in [3.05, 3.63) is 16.1 Å². The summed E-state index contributed by atoms with van der Waals surface area (Å²) in [5, 5.41) is 7.54. The molecule has 0 amide bonds. The van der Waals surface area contributed by atoms with Crippen molar-refractivity contribution in [1.29, 1.82) is 0 Å². The average Bonchev–Trinajstić information content (AvgIpc) is 2.92. The molecule has 2 N–H and O–H groups in total. The number of hydrogen-bond acceptors (Lipinski definition) is 4. The smallest absolute Gasteiger partial charge is 0.379 e. The number of rotatable bonds is 6. The molecule has 146 valence electrons. The van der Waals surface area contributed by atoms with Gasteiger partial charge in [-0.1, -0.05) is 20.8 Å². The summed E-state index contributed by atoms with van der Waals surface area (Å²) >= 11 is 0.951. The zero-order valence-electron chi connectivity index (χ0n) is 15.0. The summed E-state index contributed by atoms with van der Waals surface area (Å²) in [5.74, 6) is 0.521. The second-order valence-corrected chi connectivity index (χ2v) is 7.23. The molecule has 0 saturated heterocycles. The summed E-state index contributed by atoms with van der Waals surface area (Å²) in [7, 11) is 1.65. The highest BCUT2D eigenvalue weighted by atomic mass is 127. The third-order valence-corrected chi connectivity index (χ3v) is 4.10. The van der Waals surface area contributed by atoms with E-state index in [2.05, 4.69) is 41.4 Å². The first kappa shape index (κ1) is 24.4. The number of thiazole rings is 1. The van der Waals surface area contributed by atoms with Gasteiger partial charge in [-0.3, -0.25) is 0 Å². The second kappa shape index (κ2) is 10.5. The number of alkyl halides is 3. The number of aliphatic imine (C=N–C) groups is 1. The van der Waals surface area contributed by atoms with E-state index >= 15 is 0 Å². The van der Waals surface area contributed by atoms with E-state index in [-0.39, 0.29) is 42.0 Å². The van der Waals surface area contributed by atoms with Gasteiger partial charge in [0, 0.05) is 25.6 Å². The Balaban J connectivity index is 0.00000576. The first-order chi connectivity index (χ1) is 11.1. The molecule has 0 aliphatic heterocycles. The van der Waals surface area contributed by atoms with E-state index in [1.807, 2.05) is 6.92 Å². The molecule has 10 heteroatoms. The van der Waals surface area contributed by atoms with Crippen molar-refractivity contribution in [2.24, 2.45) is 10.4 Å². The summed E-state index contributed by atoms with van der Waals surface area (Å²) in [6, 6.07) is 0. The van der Waals surface area contributed by atoms with Crippen molar-refractivity contribution >= 4 is 41.3 Å². The van der Waals surface area contributed by atoms with Crippen LogP contribution in [0.3, 0.4) is 0 Å². The van der Waals surface area contributed by atoms with E-state index in [1.54, 1.807) is 7.11 Å². The van der Waals surface area contributed by atoms with Crippen LogP contribution in [-0.2, 0) is 17.5 Å². The van der Waals surface area contributed by atoms with Crippen molar-refractivity contribution in [2.75, 3.05) is 20.2 Å². The topological polar surface area (TPSA) is 58.5 Å². The van der Waals surface area contributed by atoms with Crippen LogP contribution in [0.5, 0.6) is 0 Å².